The lowest BCUT2D eigenvalue weighted by molar-refractivity contribution is -0.274. The van der Waals surface area contributed by atoms with Crippen LogP contribution in [-0.4, -0.2) is 11.3 Å². The Kier molecular flexibility index (Phi) is 4.04. The summed E-state index contributed by atoms with van der Waals surface area (Å²) >= 11 is 5.78. The molecule has 0 aliphatic carbocycles. The van der Waals surface area contributed by atoms with Crippen LogP contribution in [0.25, 0.3) is 0 Å². The molecule has 0 radical (unpaired) electrons. The van der Waals surface area contributed by atoms with E-state index in [2.05, 4.69) is 9.72 Å². The van der Waals surface area contributed by atoms with E-state index in [9.17, 15) is 13.2 Å². The topological polar surface area (TPSA) is 31.4 Å². The third-order valence-corrected chi connectivity index (χ3v) is 2.38. The maximum absolute atomic E-state index is 12.0. The zero-order chi connectivity index (χ0) is 14.8. The van der Waals surface area contributed by atoms with Crippen LogP contribution in [0.2, 0.25) is 5.15 Å². The van der Waals surface area contributed by atoms with Gasteiger partial charge < -0.3 is 9.47 Å². The molecule has 0 saturated heterocycles. The van der Waals surface area contributed by atoms with Crippen molar-refractivity contribution in [2.24, 2.45) is 0 Å². The van der Waals surface area contributed by atoms with Gasteiger partial charge in [0.1, 0.15) is 22.4 Å². The Morgan fingerprint density at radius 3 is 2.15 bits per heavy atom. The molecule has 1 aromatic carbocycles. The lowest BCUT2D eigenvalue weighted by Crippen LogP contribution is -2.16. The molecule has 0 N–H and O–H groups in total. The van der Waals surface area contributed by atoms with Crippen molar-refractivity contribution >= 4 is 11.6 Å². The number of pyridine rings is 1. The molecular formula is C13H9ClF3NO2. The average Bonchev–Trinajstić information content (AvgIpc) is 2.28. The lowest BCUT2D eigenvalue weighted by atomic mass is 10.3. The van der Waals surface area contributed by atoms with Crippen LogP contribution < -0.4 is 9.47 Å². The van der Waals surface area contributed by atoms with Crippen LogP contribution in [0.5, 0.6) is 17.2 Å². The molecule has 2 aromatic rings. The summed E-state index contributed by atoms with van der Waals surface area (Å²) in [6.45, 7) is 1.75. The first-order valence-electron chi connectivity index (χ1n) is 5.50. The van der Waals surface area contributed by atoms with E-state index in [0.717, 1.165) is 0 Å². The summed E-state index contributed by atoms with van der Waals surface area (Å²) in [5, 5.41) is 0.275. The number of aromatic nitrogens is 1. The first-order valence-corrected chi connectivity index (χ1v) is 5.87. The van der Waals surface area contributed by atoms with E-state index >= 15 is 0 Å². The predicted octanol–water partition coefficient (Wildman–Crippen LogP) is 4.73. The Balaban J connectivity index is 2.10. The van der Waals surface area contributed by atoms with Gasteiger partial charge in [0, 0.05) is 17.8 Å². The smallest absolute Gasteiger partial charge is 0.457 e. The highest BCUT2D eigenvalue weighted by atomic mass is 35.5. The molecule has 0 aliphatic rings. The minimum atomic E-state index is -4.71. The summed E-state index contributed by atoms with van der Waals surface area (Å²) in [6, 6.07) is 8.23. The Bertz CT molecular complexity index is 579. The molecular weight excluding hydrogens is 295 g/mol. The maximum atomic E-state index is 12.0. The number of hydrogen-bond donors (Lipinski definition) is 0. The van der Waals surface area contributed by atoms with Crippen molar-refractivity contribution in [3.8, 4) is 17.2 Å². The minimum absolute atomic E-state index is 0.275. The standard InChI is InChI=1S/C13H9ClF3NO2/c1-8-6-11(7-12(14)18-8)19-9-2-4-10(5-3-9)20-13(15,16)17/h2-7H,1H3. The molecule has 1 aromatic heterocycles. The van der Waals surface area contributed by atoms with Gasteiger partial charge in [-0.2, -0.15) is 0 Å². The molecule has 0 unspecified atom stereocenters. The fourth-order valence-electron chi connectivity index (χ4n) is 1.50. The van der Waals surface area contributed by atoms with Crippen LogP contribution in [-0.2, 0) is 0 Å². The summed E-state index contributed by atoms with van der Waals surface area (Å²) < 4.78 is 45.2. The first-order chi connectivity index (χ1) is 9.32. The van der Waals surface area contributed by atoms with Crippen molar-refractivity contribution < 1.29 is 22.6 Å². The molecule has 106 valence electrons. The zero-order valence-corrected chi connectivity index (χ0v) is 11.0. The third-order valence-electron chi connectivity index (χ3n) is 2.19. The van der Waals surface area contributed by atoms with Gasteiger partial charge >= 0.3 is 6.36 Å². The lowest BCUT2D eigenvalue weighted by Gasteiger charge is -2.10. The van der Waals surface area contributed by atoms with Gasteiger partial charge in [-0.05, 0) is 31.2 Å². The van der Waals surface area contributed by atoms with E-state index in [0.29, 0.717) is 17.2 Å². The van der Waals surface area contributed by atoms with E-state index in [1.807, 2.05) is 0 Å². The van der Waals surface area contributed by atoms with E-state index < -0.39 is 6.36 Å². The zero-order valence-electron chi connectivity index (χ0n) is 10.2. The monoisotopic (exact) mass is 303 g/mol. The van der Waals surface area contributed by atoms with Crippen LogP contribution in [0.15, 0.2) is 36.4 Å². The third kappa shape index (κ3) is 4.31. The minimum Gasteiger partial charge on any atom is -0.457 e. The Morgan fingerprint density at radius 1 is 1.00 bits per heavy atom. The van der Waals surface area contributed by atoms with E-state index in [1.165, 1.54) is 30.3 Å². The van der Waals surface area contributed by atoms with Crippen molar-refractivity contribution in [2.45, 2.75) is 13.3 Å². The number of aryl methyl sites for hydroxylation is 1. The Hall–Kier alpha value is -1.95. The molecule has 0 bridgehead atoms. The number of halogens is 4. The fourth-order valence-corrected chi connectivity index (χ4v) is 1.74. The van der Waals surface area contributed by atoms with Crippen molar-refractivity contribution in [3.63, 3.8) is 0 Å². The van der Waals surface area contributed by atoms with Gasteiger partial charge in [0.25, 0.3) is 0 Å². The van der Waals surface area contributed by atoms with Crippen LogP contribution in [0.1, 0.15) is 5.69 Å². The molecule has 3 nitrogen and oxygen atoms in total. The van der Waals surface area contributed by atoms with Crippen molar-refractivity contribution in [3.05, 3.63) is 47.2 Å². The largest absolute Gasteiger partial charge is 0.573 e. The van der Waals surface area contributed by atoms with E-state index in [-0.39, 0.29) is 10.9 Å². The second-order valence-corrected chi connectivity index (χ2v) is 4.28. The van der Waals surface area contributed by atoms with E-state index in [4.69, 9.17) is 16.3 Å². The fraction of sp³-hybridized carbons (Fsp3) is 0.154. The molecule has 0 fully saturated rings. The highest BCUT2D eigenvalue weighted by molar-refractivity contribution is 6.29. The van der Waals surface area contributed by atoms with Gasteiger partial charge in [-0.1, -0.05) is 11.6 Å². The van der Waals surface area contributed by atoms with Gasteiger partial charge in [-0.25, -0.2) is 4.98 Å². The molecule has 0 spiro atoms. The summed E-state index contributed by atoms with van der Waals surface area (Å²) in [5.41, 5.74) is 0.671. The van der Waals surface area contributed by atoms with Crippen molar-refractivity contribution in [2.75, 3.05) is 0 Å². The predicted molar refractivity (Wildman–Crippen MR) is 67.2 cm³/mol. The van der Waals surface area contributed by atoms with Crippen LogP contribution in [0.3, 0.4) is 0 Å². The quantitative estimate of drug-likeness (QED) is 0.768. The van der Waals surface area contributed by atoms with Crippen molar-refractivity contribution in [1.29, 1.82) is 0 Å². The number of alkyl halides is 3. The summed E-state index contributed by atoms with van der Waals surface area (Å²) in [5.74, 6) is 0.502. The van der Waals surface area contributed by atoms with Crippen molar-refractivity contribution in [1.82, 2.24) is 4.98 Å². The normalized spacial score (nSPS) is 11.2. The molecule has 0 amide bonds. The number of benzene rings is 1. The number of hydrogen-bond acceptors (Lipinski definition) is 3. The molecule has 2 rings (SSSR count). The number of nitrogens with zero attached hydrogens (tertiary/aromatic N) is 1. The molecule has 1 heterocycles. The number of ether oxygens (including phenoxy) is 2. The van der Waals surface area contributed by atoms with Gasteiger partial charge in [-0.15, -0.1) is 13.2 Å². The Morgan fingerprint density at radius 2 is 1.60 bits per heavy atom. The van der Waals surface area contributed by atoms with Crippen LogP contribution in [0.4, 0.5) is 13.2 Å². The van der Waals surface area contributed by atoms with Crippen LogP contribution in [0, 0.1) is 6.92 Å². The highest BCUT2D eigenvalue weighted by Gasteiger charge is 2.30. The summed E-state index contributed by atoms with van der Waals surface area (Å²) in [6.07, 6.45) is -4.71. The van der Waals surface area contributed by atoms with Gasteiger partial charge in [0.15, 0.2) is 0 Å². The molecule has 0 saturated carbocycles. The maximum Gasteiger partial charge on any atom is 0.573 e. The number of rotatable bonds is 3. The molecule has 7 heteroatoms. The van der Waals surface area contributed by atoms with Gasteiger partial charge in [0.2, 0.25) is 0 Å². The first kappa shape index (κ1) is 14.5. The SMILES string of the molecule is Cc1cc(Oc2ccc(OC(F)(F)F)cc2)cc(Cl)n1. The second kappa shape index (κ2) is 5.58. The molecule has 20 heavy (non-hydrogen) atoms. The molecule has 0 aliphatic heterocycles. The van der Waals surface area contributed by atoms with Crippen LogP contribution >= 0.6 is 11.6 Å². The second-order valence-electron chi connectivity index (χ2n) is 3.89. The summed E-state index contributed by atoms with van der Waals surface area (Å²) in [4.78, 5) is 3.97. The average molecular weight is 304 g/mol. The van der Waals surface area contributed by atoms with Gasteiger partial charge in [0.05, 0.1) is 0 Å². The highest BCUT2D eigenvalue weighted by Crippen LogP contribution is 2.28. The van der Waals surface area contributed by atoms with Gasteiger partial charge in [-0.3, -0.25) is 0 Å². The van der Waals surface area contributed by atoms with E-state index in [1.54, 1.807) is 13.0 Å². The Labute approximate surface area is 117 Å². The summed E-state index contributed by atoms with van der Waals surface area (Å²) in [7, 11) is 0. The molecule has 0 atom stereocenters.